The van der Waals surface area contributed by atoms with Crippen molar-refractivity contribution in [3.63, 3.8) is 0 Å². The number of methoxy groups -OCH3 is 1. The van der Waals surface area contributed by atoms with Crippen LogP contribution in [0.25, 0.3) is 10.9 Å². The van der Waals surface area contributed by atoms with E-state index in [1.807, 2.05) is 7.11 Å². The average Bonchev–Trinajstić information content (AvgIpc) is 3.20. The van der Waals surface area contributed by atoms with Crippen molar-refractivity contribution in [2.24, 2.45) is 5.92 Å². The van der Waals surface area contributed by atoms with Crippen LogP contribution in [0.15, 0.2) is 47.3 Å². The average molecular weight is 526 g/mol. The number of rotatable bonds is 7. The van der Waals surface area contributed by atoms with E-state index in [-0.39, 0.29) is 17.9 Å². The quantitative estimate of drug-likeness (QED) is 0.398. The lowest BCUT2D eigenvalue weighted by atomic mass is 9.69. The van der Waals surface area contributed by atoms with Crippen molar-refractivity contribution in [1.29, 1.82) is 0 Å². The molecule has 1 saturated heterocycles. The van der Waals surface area contributed by atoms with Gasteiger partial charge in [0, 0.05) is 66.1 Å². The monoisotopic (exact) mass is 525 g/mol. The van der Waals surface area contributed by atoms with E-state index in [1.54, 1.807) is 18.5 Å². The van der Waals surface area contributed by atoms with E-state index in [0.29, 0.717) is 12.2 Å². The number of aryl methyl sites for hydroxylation is 1. The number of esters is 1. The third-order valence-electron chi connectivity index (χ3n) is 7.57. The molecule has 3 aromatic rings. The highest BCUT2D eigenvalue weighted by Crippen LogP contribution is 2.49. The highest BCUT2D eigenvalue weighted by molar-refractivity contribution is 9.10. The highest BCUT2D eigenvalue weighted by atomic mass is 79.9. The second-order valence-corrected chi connectivity index (χ2v) is 10.6. The van der Waals surface area contributed by atoms with Crippen LogP contribution in [-0.2, 0) is 28.0 Å². The molecule has 0 saturated carbocycles. The van der Waals surface area contributed by atoms with Gasteiger partial charge in [0.25, 0.3) is 0 Å². The summed E-state index contributed by atoms with van der Waals surface area (Å²) in [4.78, 5) is 19.1. The molecule has 3 heterocycles. The van der Waals surface area contributed by atoms with E-state index in [0.717, 1.165) is 30.4 Å². The minimum absolute atomic E-state index is 0.171. The second kappa shape index (κ2) is 9.44. The maximum atomic E-state index is 12.6. The number of fused-ring (bicyclic) bond motifs is 2. The van der Waals surface area contributed by atoms with Crippen LogP contribution >= 0.6 is 15.9 Å². The summed E-state index contributed by atoms with van der Waals surface area (Å²) in [6, 6.07) is 8.62. The number of halogens is 1. The molecule has 180 valence electrons. The van der Waals surface area contributed by atoms with E-state index >= 15 is 0 Å². The van der Waals surface area contributed by atoms with Crippen molar-refractivity contribution >= 4 is 32.8 Å². The third kappa shape index (κ3) is 3.97. The molecule has 1 aliphatic heterocycles. The van der Waals surface area contributed by atoms with Crippen molar-refractivity contribution in [2.45, 2.75) is 50.8 Å². The number of aromatic nitrogens is 2. The number of unbranched alkanes of at least 4 members (excludes halogenated alkanes) is 1. The zero-order chi connectivity index (χ0) is 23.9. The number of hydrogen-bond acceptors (Lipinski definition) is 5. The summed E-state index contributed by atoms with van der Waals surface area (Å²) in [5.74, 6) is -0.171. The smallest absolute Gasteiger partial charge is 0.339 e. The number of nitrogens with zero attached hydrogens (tertiary/aromatic N) is 3. The van der Waals surface area contributed by atoms with Crippen molar-refractivity contribution in [3.8, 4) is 0 Å². The van der Waals surface area contributed by atoms with Gasteiger partial charge < -0.3 is 14.0 Å². The minimum atomic E-state index is -0.426. The van der Waals surface area contributed by atoms with Gasteiger partial charge in [-0.3, -0.25) is 9.88 Å². The number of likely N-dealkylation sites (N-methyl/N-ethyl adjacent to an activating group) is 1. The van der Waals surface area contributed by atoms with E-state index in [2.05, 4.69) is 68.7 Å². The number of carbonyl (C=O) groups is 1. The first-order chi connectivity index (χ1) is 16.5. The first-order valence-corrected chi connectivity index (χ1v) is 12.9. The number of piperidine rings is 1. The number of benzene rings is 1. The fraction of sp³-hybridized carbons (Fsp3) is 0.481. The van der Waals surface area contributed by atoms with Gasteiger partial charge in [0.05, 0.1) is 12.2 Å². The summed E-state index contributed by atoms with van der Waals surface area (Å²) >= 11 is 3.37. The zero-order valence-electron chi connectivity index (χ0n) is 20.1. The number of likely N-dealkylation sites (tertiary alicyclic amines) is 1. The van der Waals surface area contributed by atoms with Crippen LogP contribution in [0.2, 0.25) is 0 Å². The SMILES string of the molecule is CCCCn1cc2c3c(cccc31)[C@@]1(OC)C[C@@H](COC(=O)c3cncc(Br)c3)CN(C)[C@@H]1C2. The van der Waals surface area contributed by atoms with E-state index in [1.165, 1.54) is 34.9 Å². The molecule has 2 aliphatic rings. The molecule has 2 aromatic heterocycles. The van der Waals surface area contributed by atoms with Crippen LogP contribution < -0.4 is 0 Å². The van der Waals surface area contributed by atoms with Crippen molar-refractivity contribution in [2.75, 3.05) is 27.3 Å². The standard InChI is InChI=1S/C27H32BrN3O3/c1-4-5-9-31-16-20-11-24-27(33-3,22-7-6-8-23(31)25(20)22)12-18(15-30(24)2)17-34-26(32)19-10-21(28)14-29-13-19/h6-8,10,13-14,16,18,24H,4-5,9,11-12,15,17H2,1-3H3/t18-,24-,27+/m1/s1. The Morgan fingerprint density at radius 2 is 2.18 bits per heavy atom. The molecule has 7 heteroatoms. The predicted molar refractivity (Wildman–Crippen MR) is 136 cm³/mol. The van der Waals surface area contributed by atoms with Crippen LogP contribution in [0.5, 0.6) is 0 Å². The summed E-state index contributed by atoms with van der Waals surface area (Å²) in [5, 5.41) is 1.35. The number of hydrogen-bond donors (Lipinski definition) is 0. The Bertz CT molecular complexity index is 1210. The van der Waals surface area contributed by atoms with Crippen molar-refractivity contribution in [3.05, 3.63) is 64.0 Å². The molecule has 1 fully saturated rings. The van der Waals surface area contributed by atoms with Gasteiger partial charge in [0.2, 0.25) is 0 Å². The summed E-state index contributed by atoms with van der Waals surface area (Å²) < 4.78 is 15.3. The molecule has 0 spiro atoms. The maximum absolute atomic E-state index is 12.6. The van der Waals surface area contributed by atoms with Crippen LogP contribution in [0.1, 0.15) is 47.7 Å². The third-order valence-corrected chi connectivity index (χ3v) is 8.00. The molecule has 0 amide bonds. The van der Waals surface area contributed by atoms with Gasteiger partial charge in [-0.05, 0) is 65.5 Å². The molecule has 5 rings (SSSR count). The summed E-state index contributed by atoms with van der Waals surface area (Å²) in [5.41, 5.74) is 4.02. The first-order valence-electron chi connectivity index (χ1n) is 12.1. The lowest BCUT2D eigenvalue weighted by molar-refractivity contribution is -0.131. The molecule has 1 aromatic carbocycles. The molecule has 0 unspecified atom stereocenters. The van der Waals surface area contributed by atoms with Crippen molar-refractivity contribution in [1.82, 2.24) is 14.5 Å². The summed E-state index contributed by atoms with van der Waals surface area (Å²) in [6.07, 6.45) is 9.69. The van der Waals surface area contributed by atoms with Crippen LogP contribution in [0, 0.1) is 5.92 Å². The van der Waals surface area contributed by atoms with Gasteiger partial charge in [-0.1, -0.05) is 25.5 Å². The lowest BCUT2D eigenvalue weighted by Crippen LogP contribution is -2.59. The fourth-order valence-corrected chi connectivity index (χ4v) is 6.40. The van der Waals surface area contributed by atoms with E-state index < -0.39 is 5.60 Å². The van der Waals surface area contributed by atoms with Gasteiger partial charge in [0.1, 0.15) is 5.60 Å². The Morgan fingerprint density at radius 3 is 2.94 bits per heavy atom. The number of pyridine rings is 1. The molecule has 0 radical (unpaired) electrons. The Kier molecular flexibility index (Phi) is 6.53. The Balaban J connectivity index is 1.43. The van der Waals surface area contributed by atoms with Crippen molar-refractivity contribution < 1.29 is 14.3 Å². The van der Waals surface area contributed by atoms with Gasteiger partial charge in [0.15, 0.2) is 0 Å². The van der Waals surface area contributed by atoms with Crippen LogP contribution in [0.3, 0.4) is 0 Å². The fourth-order valence-electron chi connectivity index (χ4n) is 6.04. The lowest BCUT2D eigenvalue weighted by Gasteiger charge is -2.53. The number of carbonyl (C=O) groups excluding carboxylic acids is 1. The summed E-state index contributed by atoms with van der Waals surface area (Å²) in [6.45, 7) is 4.50. The van der Waals surface area contributed by atoms with Crippen LogP contribution in [-0.4, -0.2) is 53.8 Å². The van der Waals surface area contributed by atoms with Gasteiger partial charge in [-0.15, -0.1) is 0 Å². The molecular weight excluding hydrogens is 494 g/mol. The minimum Gasteiger partial charge on any atom is -0.462 e. The highest BCUT2D eigenvalue weighted by Gasteiger charge is 2.52. The second-order valence-electron chi connectivity index (χ2n) is 9.71. The molecule has 34 heavy (non-hydrogen) atoms. The molecule has 0 bridgehead atoms. The molecule has 0 N–H and O–H groups in total. The van der Waals surface area contributed by atoms with Gasteiger partial charge >= 0.3 is 5.97 Å². The molecule has 6 nitrogen and oxygen atoms in total. The van der Waals surface area contributed by atoms with E-state index in [4.69, 9.17) is 9.47 Å². The predicted octanol–water partition coefficient (Wildman–Crippen LogP) is 5.17. The van der Waals surface area contributed by atoms with Crippen LogP contribution in [0.4, 0.5) is 0 Å². The molecule has 1 aliphatic carbocycles. The molecule has 3 atom stereocenters. The topological polar surface area (TPSA) is 56.6 Å². The zero-order valence-corrected chi connectivity index (χ0v) is 21.7. The van der Waals surface area contributed by atoms with E-state index in [9.17, 15) is 4.79 Å². The normalized spacial score (nSPS) is 24.2. The Labute approximate surface area is 209 Å². The summed E-state index contributed by atoms with van der Waals surface area (Å²) in [7, 11) is 4.00. The molecular formula is C27H32BrN3O3. The first kappa shape index (κ1) is 23.5. The van der Waals surface area contributed by atoms with Gasteiger partial charge in [-0.2, -0.15) is 0 Å². The Hall–Kier alpha value is -2.22. The Morgan fingerprint density at radius 1 is 1.32 bits per heavy atom. The maximum Gasteiger partial charge on any atom is 0.339 e. The largest absolute Gasteiger partial charge is 0.462 e. The van der Waals surface area contributed by atoms with Gasteiger partial charge in [-0.25, -0.2) is 4.79 Å². The number of ether oxygens (including phenoxy) is 2.